The van der Waals surface area contributed by atoms with E-state index in [4.69, 9.17) is 9.47 Å². The van der Waals surface area contributed by atoms with Crippen molar-refractivity contribution in [2.75, 3.05) is 26.3 Å². The molecule has 1 aromatic carbocycles. The van der Waals surface area contributed by atoms with Crippen LogP contribution in [0.15, 0.2) is 24.3 Å². The van der Waals surface area contributed by atoms with Crippen molar-refractivity contribution in [2.45, 2.75) is 123 Å². The van der Waals surface area contributed by atoms with Gasteiger partial charge < -0.3 is 25.2 Å². The Labute approximate surface area is 231 Å². The van der Waals surface area contributed by atoms with Crippen LogP contribution in [0, 0.1) is 0 Å². The summed E-state index contributed by atoms with van der Waals surface area (Å²) in [5.41, 5.74) is 0. The van der Waals surface area contributed by atoms with Crippen LogP contribution < -0.4 is 15.4 Å². The van der Waals surface area contributed by atoms with Crippen molar-refractivity contribution in [1.82, 2.24) is 10.6 Å². The van der Waals surface area contributed by atoms with Gasteiger partial charge in [-0.3, -0.25) is 9.59 Å². The molecule has 218 valence electrons. The van der Waals surface area contributed by atoms with E-state index >= 15 is 0 Å². The first-order chi connectivity index (χ1) is 18.5. The van der Waals surface area contributed by atoms with E-state index in [1.165, 1.54) is 89.9 Å². The Balaban J connectivity index is 1.86. The average Bonchev–Trinajstić information content (AvgIpc) is 2.91. The smallest absolute Gasteiger partial charge is 0.309 e. The van der Waals surface area contributed by atoms with Crippen LogP contribution >= 0.6 is 0 Å². The fourth-order valence-electron chi connectivity index (χ4n) is 4.30. The summed E-state index contributed by atoms with van der Waals surface area (Å²) in [5, 5.41) is 14.4. The first kappa shape index (κ1) is 33.7. The lowest BCUT2D eigenvalue weighted by molar-refractivity contribution is -0.139. The van der Waals surface area contributed by atoms with Gasteiger partial charge in [-0.1, -0.05) is 96.8 Å². The standard InChI is InChI=1S/C31H54N2O5/c1-3-4-5-6-7-8-9-10-11-12-13-14-15-16-18-27(2)37-26-24-33-31(36)30(35)32-23-17-25-38-29-21-19-28(34)20-22-29/h19-22,27,34H,3-18,23-26H2,1-2H3,(H,32,35)(H,33,36). The van der Waals surface area contributed by atoms with E-state index in [0.717, 1.165) is 6.42 Å². The second kappa shape index (κ2) is 23.8. The van der Waals surface area contributed by atoms with Crippen LogP contribution in [-0.2, 0) is 14.3 Å². The number of nitrogens with one attached hydrogen (secondary N) is 2. The molecule has 1 atom stereocenters. The molecule has 38 heavy (non-hydrogen) atoms. The van der Waals surface area contributed by atoms with E-state index in [-0.39, 0.29) is 11.9 Å². The van der Waals surface area contributed by atoms with Crippen molar-refractivity contribution in [3.8, 4) is 11.5 Å². The monoisotopic (exact) mass is 534 g/mol. The first-order valence-electron chi connectivity index (χ1n) is 15.1. The van der Waals surface area contributed by atoms with E-state index < -0.39 is 11.8 Å². The Kier molecular flexibility index (Phi) is 21.1. The van der Waals surface area contributed by atoms with E-state index in [0.29, 0.717) is 38.5 Å². The maximum absolute atomic E-state index is 11.9. The van der Waals surface area contributed by atoms with Gasteiger partial charge in [0.2, 0.25) is 0 Å². The molecule has 0 saturated carbocycles. The summed E-state index contributed by atoms with van der Waals surface area (Å²) in [7, 11) is 0. The molecule has 0 aliphatic rings. The van der Waals surface area contributed by atoms with Crippen molar-refractivity contribution < 1.29 is 24.2 Å². The zero-order valence-electron chi connectivity index (χ0n) is 24.1. The SMILES string of the molecule is CCCCCCCCCCCCCCCCC(C)OCCNC(=O)C(=O)NCCCOc1ccc(O)cc1. The third kappa shape index (κ3) is 19.8. The van der Waals surface area contributed by atoms with Gasteiger partial charge in [0.15, 0.2) is 0 Å². The van der Waals surface area contributed by atoms with Gasteiger partial charge in [0.1, 0.15) is 11.5 Å². The van der Waals surface area contributed by atoms with E-state index in [1.807, 2.05) is 0 Å². The summed E-state index contributed by atoms with van der Waals surface area (Å²) in [4.78, 5) is 23.8. The quantitative estimate of drug-likeness (QED) is 0.102. The highest BCUT2D eigenvalue weighted by molar-refractivity contribution is 6.35. The normalized spacial score (nSPS) is 11.7. The van der Waals surface area contributed by atoms with Crippen LogP contribution in [0.25, 0.3) is 0 Å². The minimum absolute atomic E-state index is 0.159. The van der Waals surface area contributed by atoms with Gasteiger partial charge in [0, 0.05) is 13.1 Å². The number of phenolic OH excluding ortho intramolecular Hbond substituents is 1. The number of rotatable bonds is 24. The number of benzene rings is 1. The largest absolute Gasteiger partial charge is 0.508 e. The summed E-state index contributed by atoms with van der Waals surface area (Å²) < 4.78 is 11.3. The molecule has 1 unspecified atom stereocenters. The van der Waals surface area contributed by atoms with Gasteiger partial charge in [-0.05, 0) is 44.0 Å². The molecule has 0 radical (unpaired) electrons. The molecule has 0 aromatic heterocycles. The van der Waals surface area contributed by atoms with Gasteiger partial charge in [0.05, 0.1) is 19.3 Å². The third-order valence-corrected chi connectivity index (χ3v) is 6.67. The lowest BCUT2D eigenvalue weighted by Crippen LogP contribution is -2.41. The van der Waals surface area contributed by atoms with E-state index in [9.17, 15) is 14.7 Å². The molecule has 3 N–H and O–H groups in total. The minimum atomic E-state index is -0.648. The number of hydrogen-bond acceptors (Lipinski definition) is 5. The lowest BCUT2D eigenvalue weighted by Gasteiger charge is -2.13. The number of aromatic hydroxyl groups is 1. The zero-order chi connectivity index (χ0) is 27.7. The maximum Gasteiger partial charge on any atom is 0.309 e. The molecule has 0 spiro atoms. The van der Waals surface area contributed by atoms with Crippen molar-refractivity contribution in [3.63, 3.8) is 0 Å². The molecule has 0 aliphatic carbocycles. The molecule has 0 fully saturated rings. The number of phenols is 1. The van der Waals surface area contributed by atoms with Crippen LogP contribution in [0.1, 0.15) is 117 Å². The maximum atomic E-state index is 11.9. The number of carbonyl (C=O) groups is 2. The van der Waals surface area contributed by atoms with Gasteiger partial charge in [-0.2, -0.15) is 0 Å². The molecule has 0 heterocycles. The van der Waals surface area contributed by atoms with Crippen molar-refractivity contribution >= 4 is 11.8 Å². The molecule has 0 aliphatic heterocycles. The Hall–Kier alpha value is -2.28. The highest BCUT2D eigenvalue weighted by atomic mass is 16.5. The number of unbranched alkanes of at least 4 members (excludes halogenated alkanes) is 13. The Morgan fingerprint density at radius 1 is 0.711 bits per heavy atom. The van der Waals surface area contributed by atoms with Crippen molar-refractivity contribution in [2.24, 2.45) is 0 Å². The number of ether oxygens (including phenoxy) is 2. The van der Waals surface area contributed by atoms with Crippen LogP contribution in [0.5, 0.6) is 11.5 Å². The fourth-order valence-corrected chi connectivity index (χ4v) is 4.30. The van der Waals surface area contributed by atoms with Gasteiger partial charge in [-0.25, -0.2) is 0 Å². The molecule has 2 amide bonds. The van der Waals surface area contributed by atoms with Gasteiger partial charge in [0.25, 0.3) is 0 Å². The van der Waals surface area contributed by atoms with Crippen LogP contribution in [-0.4, -0.2) is 49.3 Å². The topological polar surface area (TPSA) is 96.9 Å². The van der Waals surface area contributed by atoms with Gasteiger partial charge >= 0.3 is 11.8 Å². The number of carbonyl (C=O) groups excluding carboxylic acids is 2. The summed E-state index contributed by atoms with van der Waals surface area (Å²) >= 11 is 0. The Bertz CT molecular complexity index is 711. The highest BCUT2D eigenvalue weighted by Gasteiger charge is 2.12. The minimum Gasteiger partial charge on any atom is -0.508 e. The zero-order valence-corrected chi connectivity index (χ0v) is 24.1. The van der Waals surface area contributed by atoms with Crippen molar-refractivity contribution in [1.29, 1.82) is 0 Å². The van der Waals surface area contributed by atoms with E-state index in [1.54, 1.807) is 24.3 Å². The molecule has 7 heteroatoms. The summed E-state index contributed by atoms with van der Waals surface area (Å²) in [6.45, 7) is 5.80. The Morgan fingerprint density at radius 2 is 1.21 bits per heavy atom. The lowest BCUT2D eigenvalue weighted by atomic mass is 10.0. The Morgan fingerprint density at radius 3 is 1.76 bits per heavy atom. The molecule has 0 bridgehead atoms. The molecule has 0 saturated heterocycles. The van der Waals surface area contributed by atoms with E-state index in [2.05, 4.69) is 24.5 Å². The highest BCUT2D eigenvalue weighted by Crippen LogP contribution is 2.16. The number of amides is 2. The summed E-state index contributed by atoms with van der Waals surface area (Å²) in [6.07, 6.45) is 20.8. The van der Waals surface area contributed by atoms with Crippen LogP contribution in [0.3, 0.4) is 0 Å². The predicted octanol–water partition coefficient (Wildman–Crippen LogP) is 6.67. The van der Waals surface area contributed by atoms with Crippen LogP contribution in [0.2, 0.25) is 0 Å². The molecular weight excluding hydrogens is 480 g/mol. The van der Waals surface area contributed by atoms with Crippen molar-refractivity contribution in [3.05, 3.63) is 24.3 Å². The number of hydrogen-bond donors (Lipinski definition) is 3. The van der Waals surface area contributed by atoms with Crippen LogP contribution in [0.4, 0.5) is 0 Å². The third-order valence-electron chi connectivity index (χ3n) is 6.67. The fraction of sp³-hybridized carbons (Fsp3) is 0.742. The van der Waals surface area contributed by atoms with Gasteiger partial charge in [-0.15, -0.1) is 0 Å². The molecule has 1 rings (SSSR count). The second-order valence-corrected chi connectivity index (χ2v) is 10.3. The average molecular weight is 535 g/mol. The first-order valence-corrected chi connectivity index (χ1v) is 15.1. The predicted molar refractivity (Wildman–Crippen MR) is 155 cm³/mol. The molecule has 7 nitrogen and oxygen atoms in total. The molecular formula is C31H54N2O5. The summed E-state index contributed by atoms with van der Waals surface area (Å²) in [5.74, 6) is -0.469. The second-order valence-electron chi connectivity index (χ2n) is 10.3. The summed E-state index contributed by atoms with van der Waals surface area (Å²) in [6, 6.07) is 6.44. The molecule has 1 aromatic rings.